The molecule has 7 nitrogen and oxygen atoms in total. The standard InChI is InChI=1S/C23H19N3O4S/c1-16-7-13-20(14-8-16)31(28,29)26-21(24)15-22(25-26)30-23(27)19-11-9-18(10-12-19)17-5-3-2-4-6-17/h2-15H,24H2,1H3. The minimum Gasteiger partial charge on any atom is -0.402 e. The Morgan fingerprint density at radius 3 is 2.16 bits per heavy atom. The Balaban J connectivity index is 1.54. The van der Waals surface area contributed by atoms with Crippen LogP contribution in [0.4, 0.5) is 5.82 Å². The molecule has 0 fully saturated rings. The summed E-state index contributed by atoms with van der Waals surface area (Å²) in [7, 11) is -4.01. The summed E-state index contributed by atoms with van der Waals surface area (Å²) in [5.74, 6) is -1.04. The van der Waals surface area contributed by atoms with Gasteiger partial charge in [-0.3, -0.25) is 0 Å². The number of rotatable bonds is 5. The molecular formula is C23H19N3O4S. The third-order valence-electron chi connectivity index (χ3n) is 4.65. The lowest BCUT2D eigenvalue weighted by molar-refractivity contribution is 0.0727. The Morgan fingerprint density at radius 1 is 0.903 bits per heavy atom. The van der Waals surface area contributed by atoms with Crippen molar-refractivity contribution in [3.63, 3.8) is 0 Å². The fraction of sp³-hybridized carbons (Fsp3) is 0.0435. The zero-order chi connectivity index (χ0) is 22.0. The second kappa shape index (κ2) is 8.08. The van der Waals surface area contributed by atoms with Crippen LogP contribution in [-0.4, -0.2) is 23.6 Å². The van der Waals surface area contributed by atoms with E-state index < -0.39 is 16.0 Å². The topological polar surface area (TPSA) is 104 Å². The number of ether oxygens (including phenoxy) is 1. The van der Waals surface area contributed by atoms with E-state index in [1.165, 1.54) is 18.2 Å². The predicted molar refractivity (Wildman–Crippen MR) is 117 cm³/mol. The number of aryl methyl sites for hydroxylation is 1. The van der Waals surface area contributed by atoms with Crippen LogP contribution < -0.4 is 10.5 Å². The van der Waals surface area contributed by atoms with E-state index >= 15 is 0 Å². The van der Waals surface area contributed by atoms with Gasteiger partial charge in [-0.05, 0) is 42.3 Å². The first kappa shape index (κ1) is 20.4. The van der Waals surface area contributed by atoms with Crippen molar-refractivity contribution in [2.75, 3.05) is 5.73 Å². The Hall–Kier alpha value is -3.91. The fourth-order valence-electron chi connectivity index (χ4n) is 2.99. The monoisotopic (exact) mass is 433 g/mol. The van der Waals surface area contributed by atoms with Crippen LogP contribution in [0.3, 0.4) is 0 Å². The molecule has 0 aliphatic heterocycles. The van der Waals surface area contributed by atoms with E-state index in [1.54, 1.807) is 36.4 Å². The van der Waals surface area contributed by atoms with Crippen LogP contribution >= 0.6 is 0 Å². The third kappa shape index (κ3) is 4.19. The van der Waals surface area contributed by atoms with Crippen molar-refractivity contribution >= 4 is 21.8 Å². The van der Waals surface area contributed by atoms with Crippen molar-refractivity contribution < 1.29 is 17.9 Å². The highest BCUT2D eigenvalue weighted by atomic mass is 32.2. The molecule has 0 atom stereocenters. The van der Waals surface area contributed by atoms with Gasteiger partial charge in [0, 0.05) is 6.07 Å². The van der Waals surface area contributed by atoms with E-state index in [9.17, 15) is 13.2 Å². The molecule has 4 aromatic rings. The van der Waals surface area contributed by atoms with Gasteiger partial charge < -0.3 is 10.5 Å². The highest BCUT2D eigenvalue weighted by molar-refractivity contribution is 7.90. The minimum absolute atomic E-state index is 0.0299. The van der Waals surface area contributed by atoms with Crippen LogP contribution in [0, 0.1) is 6.92 Å². The van der Waals surface area contributed by atoms with Crippen LogP contribution in [0.2, 0.25) is 0 Å². The van der Waals surface area contributed by atoms with Crippen molar-refractivity contribution in [2.45, 2.75) is 11.8 Å². The van der Waals surface area contributed by atoms with E-state index in [-0.39, 0.29) is 16.6 Å². The van der Waals surface area contributed by atoms with E-state index in [1.807, 2.05) is 37.3 Å². The van der Waals surface area contributed by atoms with Crippen LogP contribution in [0.1, 0.15) is 15.9 Å². The summed E-state index contributed by atoms with van der Waals surface area (Å²) >= 11 is 0. The summed E-state index contributed by atoms with van der Waals surface area (Å²) in [5, 5.41) is 3.87. The molecule has 2 N–H and O–H groups in total. The van der Waals surface area contributed by atoms with Gasteiger partial charge in [0.15, 0.2) is 0 Å². The maximum absolute atomic E-state index is 12.8. The Kier molecular flexibility index (Phi) is 5.31. The van der Waals surface area contributed by atoms with Crippen molar-refractivity contribution in [3.8, 4) is 17.0 Å². The van der Waals surface area contributed by atoms with Crippen LogP contribution in [0.15, 0.2) is 89.8 Å². The molecule has 156 valence electrons. The van der Waals surface area contributed by atoms with Gasteiger partial charge in [-0.1, -0.05) is 60.2 Å². The molecule has 0 bridgehead atoms. The molecule has 0 unspecified atom stereocenters. The van der Waals surface area contributed by atoms with Crippen LogP contribution in [-0.2, 0) is 10.0 Å². The van der Waals surface area contributed by atoms with Gasteiger partial charge in [0.2, 0.25) is 5.88 Å². The molecule has 31 heavy (non-hydrogen) atoms. The Morgan fingerprint density at radius 2 is 1.52 bits per heavy atom. The van der Waals surface area contributed by atoms with Crippen LogP contribution in [0.25, 0.3) is 11.1 Å². The first-order chi connectivity index (χ1) is 14.8. The number of esters is 1. The van der Waals surface area contributed by atoms with E-state index in [4.69, 9.17) is 10.5 Å². The number of nitrogen functional groups attached to an aromatic ring is 1. The normalized spacial score (nSPS) is 11.3. The maximum Gasteiger partial charge on any atom is 0.344 e. The maximum atomic E-state index is 12.8. The summed E-state index contributed by atoms with van der Waals surface area (Å²) in [6, 6.07) is 24.1. The number of carbonyl (C=O) groups is 1. The van der Waals surface area contributed by atoms with Crippen molar-refractivity contribution in [3.05, 3.63) is 96.1 Å². The highest BCUT2D eigenvalue weighted by Gasteiger charge is 2.23. The lowest BCUT2D eigenvalue weighted by Crippen LogP contribution is -2.17. The minimum atomic E-state index is -4.01. The average Bonchev–Trinajstić information content (AvgIpc) is 3.15. The first-order valence-corrected chi connectivity index (χ1v) is 10.8. The average molecular weight is 433 g/mol. The number of hydrogen-bond donors (Lipinski definition) is 1. The van der Waals surface area contributed by atoms with Gasteiger partial charge in [-0.15, -0.1) is 9.19 Å². The smallest absolute Gasteiger partial charge is 0.344 e. The van der Waals surface area contributed by atoms with Crippen molar-refractivity contribution in [1.29, 1.82) is 0 Å². The quantitative estimate of drug-likeness (QED) is 0.479. The SMILES string of the molecule is Cc1ccc(S(=O)(=O)n2nc(OC(=O)c3ccc(-c4ccccc4)cc3)cc2N)cc1. The van der Waals surface area contributed by atoms with Gasteiger partial charge in [0.1, 0.15) is 5.82 Å². The number of nitrogens with two attached hydrogens (primary N) is 1. The van der Waals surface area contributed by atoms with Gasteiger partial charge in [0.05, 0.1) is 10.5 Å². The second-order valence-electron chi connectivity index (χ2n) is 6.90. The lowest BCUT2D eigenvalue weighted by Gasteiger charge is -2.06. The van der Waals surface area contributed by atoms with E-state index in [0.29, 0.717) is 9.65 Å². The zero-order valence-electron chi connectivity index (χ0n) is 16.6. The molecule has 1 heterocycles. The number of nitrogens with zero attached hydrogens (tertiary/aromatic N) is 2. The summed E-state index contributed by atoms with van der Waals surface area (Å²) in [6.07, 6.45) is 0. The summed E-state index contributed by atoms with van der Waals surface area (Å²) in [4.78, 5) is 12.5. The molecule has 0 saturated carbocycles. The Bertz CT molecular complexity index is 1330. The Labute approximate surface area is 179 Å². The summed E-state index contributed by atoms with van der Waals surface area (Å²) in [6.45, 7) is 1.85. The largest absolute Gasteiger partial charge is 0.402 e. The van der Waals surface area contributed by atoms with Crippen molar-refractivity contribution in [1.82, 2.24) is 9.19 Å². The molecule has 8 heteroatoms. The number of hydrogen-bond acceptors (Lipinski definition) is 6. The third-order valence-corrected chi connectivity index (χ3v) is 6.27. The molecule has 0 spiro atoms. The van der Waals surface area contributed by atoms with Crippen molar-refractivity contribution in [2.24, 2.45) is 0 Å². The molecule has 0 aliphatic carbocycles. The van der Waals surface area contributed by atoms with Gasteiger partial charge in [-0.2, -0.15) is 8.42 Å². The molecule has 3 aromatic carbocycles. The van der Waals surface area contributed by atoms with E-state index in [0.717, 1.165) is 16.7 Å². The number of aromatic nitrogens is 2. The molecule has 4 rings (SSSR count). The highest BCUT2D eigenvalue weighted by Crippen LogP contribution is 2.23. The number of benzene rings is 3. The molecule has 0 aliphatic rings. The number of carbonyl (C=O) groups excluding carboxylic acids is 1. The van der Waals surface area contributed by atoms with E-state index in [2.05, 4.69) is 5.10 Å². The van der Waals surface area contributed by atoms with Gasteiger partial charge in [-0.25, -0.2) is 4.79 Å². The predicted octanol–water partition coefficient (Wildman–Crippen LogP) is 3.90. The molecular weight excluding hydrogens is 414 g/mol. The fourth-order valence-corrected chi connectivity index (χ4v) is 4.19. The molecule has 0 radical (unpaired) electrons. The number of anilines is 1. The summed E-state index contributed by atoms with van der Waals surface area (Å²) in [5.41, 5.74) is 9.02. The van der Waals surface area contributed by atoms with Gasteiger partial charge in [0.25, 0.3) is 10.0 Å². The summed E-state index contributed by atoms with van der Waals surface area (Å²) < 4.78 is 31.5. The molecule has 0 amide bonds. The molecule has 0 saturated heterocycles. The first-order valence-electron chi connectivity index (χ1n) is 9.40. The van der Waals surface area contributed by atoms with Gasteiger partial charge >= 0.3 is 5.97 Å². The molecule has 1 aromatic heterocycles. The lowest BCUT2D eigenvalue weighted by atomic mass is 10.0. The zero-order valence-corrected chi connectivity index (χ0v) is 17.4. The second-order valence-corrected chi connectivity index (χ2v) is 8.67. The van der Waals surface area contributed by atoms with Crippen LogP contribution in [0.5, 0.6) is 5.88 Å².